The molecular weight excluding hydrogens is 304 g/mol. The summed E-state index contributed by atoms with van der Waals surface area (Å²) in [7, 11) is 0. The third kappa shape index (κ3) is 2.59. The molecule has 0 aromatic heterocycles. The van der Waals surface area contributed by atoms with Crippen LogP contribution in [0.5, 0.6) is 0 Å². The first-order valence-electron chi connectivity index (χ1n) is 7.65. The molecule has 2 atom stereocenters. The minimum absolute atomic E-state index is 0.0512. The maximum Gasteiger partial charge on any atom is 0.320 e. The standard InChI is InChI=1S/C19H16N2OS/c1-12-7-9-14(10-8-12)17-20-18(22)16-15(11-23-19(16)21-17)13-5-3-2-4-6-13/h2-11,16,19H,1H3,(H,20,21,22)/p+1/t16-,19+/m1/s1. The van der Waals surface area contributed by atoms with Crippen LogP contribution in [0.4, 0.5) is 0 Å². The van der Waals surface area contributed by atoms with Crippen molar-refractivity contribution in [2.45, 2.75) is 12.3 Å². The zero-order chi connectivity index (χ0) is 15.8. The summed E-state index contributed by atoms with van der Waals surface area (Å²) in [5.41, 5.74) is 4.42. The van der Waals surface area contributed by atoms with Crippen LogP contribution in [-0.2, 0) is 4.79 Å². The first kappa shape index (κ1) is 14.3. The number of carbonyl (C=O) groups excluding carboxylic acids is 1. The second-order valence-electron chi connectivity index (χ2n) is 5.85. The van der Waals surface area contributed by atoms with Crippen molar-refractivity contribution >= 4 is 29.1 Å². The average molecular weight is 321 g/mol. The van der Waals surface area contributed by atoms with E-state index in [4.69, 9.17) is 0 Å². The molecule has 3 nitrogen and oxygen atoms in total. The number of carbonyl (C=O) groups is 1. The lowest BCUT2D eigenvalue weighted by Gasteiger charge is -2.20. The highest BCUT2D eigenvalue weighted by atomic mass is 32.2. The summed E-state index contributed by atoms with van der Waals surface area (Å²) in [5.74, 6) is 0.701. The average Bonchev–Trinajstić information content (AvgIpc) is 3.01. The summed E-state index contributed by atoms with van der Waals surface area (Å²) in [6.07, 6.45) is 0. The minimum atomic E-state index is -0.156. The van der Waals surface area contributed by atoms with Gasteiger partial charge in [0.25, 0.3) is 5.84 Å². The first-order chi connectivity index (χ1) is 11.2. The van der Waals surface area contributed by atoms with Gasteiger partial charge in [-0.2, -0.15) is 0 Å². The van der Waals surface area contributed by atoms with E-state index in [9.17, 15) is 4.79 Å². The van der Waals surface area contributed by atoms with Gasteiger partial charge in [-0.05, 0) is 35.6 Å². The van der Waals surface area contributed by atoms with Gasteiger partial charge in [0.05, 0.1) is 5.56 Å². The smallest absolute Gasteiger partial charge is 0.260 e. The number of aryl methyl sites for hydroxylation is 1. The van der Waals surface area contributed by atoms with Crippen molar-refractivity contribution in [3.8, 4) is 0 Å². The molecule has 4 rings (SSSR count). The van der Waals surface area contributed by atoms with Crippen molar-refractivity contribution in [3.05, 3.63) is 76.7 Å². The molecule has 2 aliphatic rings. The molecule has 2 aromatic carbocycles. The monoisotopic (exact) mass is 321 g/mol. The van der Waals surface area contributed by atoms with Gasteiger partial charge in [-0.3, -0.25) is 4.99 Å². The van der Waals surface area contributed by atoms with E-state index in [-0.39, 0.29) is 17.2 Å². The summed E-state index contributed by atoms with van der Waals surface area (Å²) < 4.78 is 0. The zero-order valence-electron chi connectivity index (χ0n) is 12.7. The van der Waals surface area contributed by atoms with Gasteiger partial charge in [0.1, 0.15) is 5.92 Å². The van der Waals surface area contributed by atoms with E-state index in [0.29, 0.717) is 0 Å². The lowest BCUT2D eigenvalue weighted by molar-refractivity contribution is -0.481. The largest absolute Gasteiger partial charge is 0.320 e. The quantitative estimate of drug-likeness (QED) is 0.884. The van der Waals surface area contributed by atoms with Crippen molar-refractivity contribution in [2.75, 3.05) is 0 Å². The second-order valence-corrected chi connectivity index (χ2v) is 6.86. The van der Waals surface area contributed by atoms with Crippen LogP contribution in [0.3, 0.4) is 0 Å². The summed E-state index contributed by atoms with van der Waals surface area (Å²) in [6.45, 7) is 2.06. The summed E-state index contributed by atoms with van der Waals surface area (Å²) >= 11 is 1.68. The van der Waals surface area contributed by atoms with E-state index in [1.165, 1.54) is 5.56 Å². The third-order valence-electron chi connectivity index (χ3n) is 4.24. The molecule has 0 fully saturated rings. The van der Waals surface area contributed by atoms with Gasteiger partial charge >= 0.3 is 5.91 Å². The van der Waals surface area contributed by atoms with E-state index in [0.717, 1.165) is 22.5 Å². The number of hydrogen-bond donors (Lipinski definition) is 2. The Bertz CT molecular complexity index is 809. The predicted molar refractivity (Wildman–Crippen MR) is 93.7 cm³/mol. The van der Waals surface area contributed by atoms with Gasteiger partial charge in [0, 0.05) is 0 Å². The van der Waals surface area contributed by atoms with Gasteiger partial charge in [-0.25, -0.2) is 10.1 Å². The number of thioether (sulfide) groups is 1. The van der Waals surface area contributed by atoms with Crippen molar-refractivity contribution in [2.24, 2.45) is 5.92 Å². The number of hydrogen-bond acceptors (Lipinski definition) is 2. The third-order valence-corrected chi connectivity index (χ3v) is 5.32. The molecule has 2 aliphatic heterocycles. The molecule has 4 heteroatoms. The van der Waals surface area contributed by atoms with Crippen LogP contribution >= 0.6 is 11.8 Å². The lowest BCUT2D eigenvalue weighted by Crippen LogP contribution is -2.86. The Balaban J connectivity index is 1.65. The molecule has 114 valence electrons. The molecule has 0 radical (unpaired) electrons. The topological polar surface area (TPSA) is 43.1 Å². The summed E-state index contributed by atoms with van der Waals surface area (Å²) in [6, 6.07) is 18.3. The Kier molecular flexibility index (Phi) is 3.54. The highest BCUT2D eigenvalue weighted by Crippen LogP contribution is 2.39. The Hall–Kier alpha value is -2.33. The van der Waals surface area contributed by atoms with Gasteiger partial charge < -0.3 is 0 Å². The molecule has 2 N–H and O–H groups in total. The van der Waals surface area contributed by atoms with Crippen molar-refractivity contribution in [3.63, 3.8) is 0 Å². The molecule has 0 aliphatic carbocycles. The van der Waals surface area contributed by atoms with E-state index in [2.05, 4.69) is 46.9 Å². The molecule has 0 spiro atoms. The second kappa shape index (κ2) is 5.70. The van der Waals surface area contributed by atoms with Crippen LogP contribution in [0.25, 0.3) is 5.57 Å². The minimum Gasteiger partial charge on any atom is -0.260 e. The maximum absolute atomic E-state index is 12.7. The SMILES string of the molecule is Cc1ccc(C2=[NH+][C@H]3SC=C(c4ccccc4)[C@@H]3C(=O)N2)cc1. The Labute approximate surface area is 139 Å². The van der Waals surface area contributed by atoms with Crippen LogP contribution in [-0.4, -0.2) is 17.1 Å². The fraction of sp³-hybridized carbons (Fsp3) is 0.158. The predicted octanol–water partition coefficient (Wildman–Crippen LogP) is 1.68. The fourth-order valence-corrected chi connectivity index (χ4v) is 4.18. The number of rotatable bonds is 2. The molecule has 0 unspecified atom stereocenters. The van der Waals surface area contributed by atoms with Crippen molar-refractivity contribution in [1.82, 2.24) is 5.32 Å². The zero-order valence-corrected chi connectivity index (χ0v) is 13.6. The van der Waals surface area contributed by atoms with Crippen LogP contribution < -0.4 is 10.3 Å². The normalized spacial score (nSPS) is 22.9. The Morgan fingerprint density at radius 2 is 1.74 bits per heavy atom. The number of amides is 1. The van der Waals surface area contributed by atoms with Crippen LogP contribution in [0, 0.1) is 12.8 Å². The lowest BCUT2D eigenvalue weighted by atomic mass is 9.92. The van der Waals surface area contributed by atoms with Crippen LogP contribution in [0.1, 0.15) is 16.7 Å². The van der Waals surface area contributed by atoms with Gasteiger partial charge in [-0.15, -0.1) is 0 Å². The van der Waals surface area contributed by atoms with Crippen molar-refractivity contribution < 1.29 is 9.79 Å². The number of fused-ring (bicyclic) bond motifs is 1. The van der Waals surface area contributed by atoms with Crippen molar-refractivity contribution in [1.29, 1.82) is 0 Å². The summed E-state index contributed by atoms with van der Waals surface area (Å²) in [5, 5.41) is 5.19. The Morgan fingerprint density at radius 3 is 2.48 bits per heavy atom. The van der Waals surface area contributed by atoms with E-state index in [1.54, 1.807) is 11.8 Å². The van der Waals surface area contributed by atoms with Crippen LogP contribution in [0.2, 0.25) is 0 Å². The van der Waals surface area contributed by atoms with Gasteiger partial charge in [-0.1, -0.05) is 59.8 Å². The highest BCUT2D eigenvalue weighted by Gasteiger charge is 2.44. The fourth-order valence-electron chi connectivity index (χ4n) is 2.99. The molecule has 0 bridgehead atoms. The first-order valence-corrected chi connectivity index (χ1v) is 8.59. The maximum atomic E-state index is 12.7. The number of amidine groups is 1. The number of nitrogens with one attached hydrogen (secondary N) is 2. The van der Waals surface area contributed by atoms with E-state index in [1.807, 2.05) is 30.3 Å². The molecular formula is C19H17N2OS+. The van der Waals surface area contributed by atoms with Gasteiger partial charge in [0.15, 0.2) is 5.37 Å². The van der Waals surface area contributed by atoms with Crippen LogP contribution in [0.15, 0.2) is 60.0 Å². The molecule has 1 amide bonds. The number of benzene rings is 2. The molecule has 2 aromatic rings. The molecule has 2 heterocycles. The van der Waals surface area contributed by atoms with Gasteiger partial charge in [0.2, 0.25) is 0 Å². The highest BCUT2D eigenvalue weighted by molar-refractivity contribution is 8.03. The molecule has 0 saturated carbocycles. The van der Waals surface area contributed by atoms with E-state index >= 15 is 0 Å². The van der Waals surface area contributed by atoms with E-state index < -0.39 is 0 Å². The summed E-state index contributed by atoms with van der Waals surface area (Å²) in [4.78, 5) is 16.2. The molecule has 0 saturated heterocycles. The Morgan fingerprint density at radius 1 is 1.00 bits per heavy atom. The molecule has 23 heavy (non-hydrogen) atoms.